The summed E-state index contributed by atoms with van der Waals surface area (Å²) in [5.41, 5.74) is 1.77. The summed E-state index contributed by atoms with van der Waals surface area (Å²) in [6.07, 6.45) is 0.505. The molecule has 2 aliphatic rings. The van der Waals surface area contributed by atoms with Crippen molar-refractivity contribution in [3.05, 3.63) is 28.8 Å². The number of fused-ring (bicyclic) bond motifs is 1. The molecule has 2 heterocycles. The first-order chi connectivity index (χ1) is 13.0. The molecule has 0 aromatic heterocycles. The molecule has 0 spiro atoms. The van der Waals surface area contributed by atoms with Gasteiger partial charge in [0.05, 0.1) is 23.8 Å². The Balaban J connectivity index is 1.65. The van der Waals surface area contributed by atoms with Crippen molar-refractivity contribution in [3.8, 4) is 0 Å². The van der Waals surface area contributed by atoms with Crippen LogP contribution in [0.25, 0.3) is 0 Å². The number of carbonyl (C=O) groups excluding carboxylic acids is 3. The molecule has 146 valence electrons. The van der Waals surface area contributed by atoms with E-state index in [2.05, 4.69) is 16.0 Å². The van der Waals surface area contributed by atoms with Crippen LogP contribution in [0.15, 0.2) is 18.2 Å². The lowest BCUT2D eigenvalue weighted by Gasteiger charge is -2.28. The zero-order valence-corrected chi connectivity index (χ0v) is 16.5. The summed E-state index contributed by atoms with van der Waals surface area (Å²) in [5, 5.41) is 8.74. The lowest BCUT2D eigenvalue weighted by Crippen LogP contribution is -2.46. The molecule has 1 aromatic rings. The Kier molecular flexibility index (Phi) is 6.49. The van der Waals surface area contributed by atoms with Crippen LogP contribution in [0.2, 0.25) is 5.02 Å². The molecule has 3 atom stereocenters. The van der Waals surface area contributed by atoms with E-state index in [0.29, 0.717) is 24.4 Å². The minimum atomic E-state index is -0.756. The van der Waals surface area contributed by atoms with Gasteiger partial charge in [-0.15, -0.1) is 11.8 Å². The molecular formula is C18H22ClN3O4S. The van der Waals surface area contributed by atoms with Gasteiger partial charge in [0, 0.05) is 17.3 Å². The second-order valence-corrected chi connectivity index (χ2v) is 8.09. The highest BCUT2D eigenvalue weighted by atomic mass is 35.5. The van der Waals surface area contributed by atoms with Crippen LogP contribution in [0.1, 0.15) is 31.2 Å². The molecule has 1 saturated heterocycles. The van der Waals surface area contributed by atoms with E-state index in [1.807, 2.05) is 12.1 Å². The van der Waals surface area contributed by atoms with E-state index in [0.717, 1.165) is 17.0 Å². The molecule has 3 N–H and O–H groups in total. The van der Waals surface area contributed by atoms with Crippen LogP contribution in [0.5, 0.6) is 0 Å². The van der Waals surface area contributed by atoms with Gasteiger partial charge in [0.15, 0.2) is 0 Å². The SMILES string of the molecule is CCOC(=O)NC(=O)C1CCSC1NC(=O)C1CCNc2cc(Cl)ccc21. The number of rotatable bonds is 4. The summed E-state index contributed by atoms with van der Waals surface area (Å²) in [6.45, 7) is 2.54. The van der Waals surface area contributed by atoms with Crippen molar-refractivity contribution < 1.29 is 19.1 Å². The predicted molar refractivity (Wildman–Crippen MR) is 105 cm³/mol. The summed E-state index contributed by atoms with van der Waals surface area (Å²) in [7, 11) is 0. The number of alkyl carbamates (subject to hydrolysis) is 1. The van der Waals surface area contributed by atoms with E-state index in [1.54, 1.807) is 13.0 Å². The fraction of sp³-hybridized carbons (Fsp3) is 0.500. The summed E-state index contributed by atoms with van der Waals surface area (Å²) < 4.78 is 4.75. The highest BCUT2D eigenvalue weighted by molar-refractivity contribution is 8.00. The Morgan fingerprint density at radius 1 is 1.30 bits per heavy atom. The third kappa shape index (κ3) is 4.68. The van der Waals surface area contributed by atoms with Crippen LogP contribution < -0.4 is 16.0 Å². The molecule has 9 heteroatoms. The van der Waals surface area contributed by atoms with Crippen molar-refractivity contribution in [2.24, 2.45) is 5.92 Å². The molecule has 0 radical (unpaired) electrons. The second kappa shape index (κ2) is 8.84. The van der Waals surface area contributed by atoms with Gasteiger partial charge in [-0.2, -0.15) is 0 Å². The number of anilines is 1. The molecule has 3 amide bonds. The molecule has 2 aliphatic heterocycles. The van der Waals surface area contributed by atoms with E-state index >= 15 is 0 Å². The molecule has 0 aliphatic carbocycles. The molecule has 0 bridgehead atoms. The minimum Gasteiger partial charge on any atom is -0.450 e. The lowest BCUT2D eigenvalue weighted by molar-refractivity contribution is -0.126. The second-order valence-electron chi connectivity index (χ2n) is 6.40. The number of ether oxygens (including phenoxy) is 1. The Labute approximate surface area is 166 Å². The topological polar surface area (TPSA) is 96.5 Å². The Morgan fingerprint density at radius 2 is 2.11 bits per heavy atom. The van der Waals surface area contributed by atoms with Crippen molar-refractivity contribution in [1.82, 2.24) is 10.6 Å². The highest BCUT2D eigenvalue weighted by Gasteiger charge is 2.37. The first-order valence-electron chi connectivity index (χ1n) is 8.92. The summed E-state index contributed by atoms with van der Waals surface area (Å²) in [5.74, 6) is -0.553. The third-order valence-electron chi connectivity index (χ3n) is 4.67. The van der Waals surface area contributed by atoms with Crippen LogP contribution in [-0.2, 0) is 14.3 Å². The first-order valence-corrected chi connectivity index (χ1v) is 10.3. The number of benzene rings is 1. The fourth-order valence-corrected chi connectivity index (χ4v) is 4.87. The van der Waals surface area contributed by atoms with Gasteiger partial charge in [-0.3, -0.25) is 14.9 Å². The van der Waals surface area contributed by atoms with Crippen LogP contribution in [-0.4, -0.2) is 42.2 Å². The van der Waals surface area contributed by atoms with Crippen molar-refractivity contribution in [2.75, 3.05) is 24.2 Å². The van der Waals surface area contributed by atoms with Crippen molar-refractivity contribution in [1.29, 1.82) is 0 Å². The molecule has 7 nitrogen and oxygen atoms in total. The largest absolute Gasteiger partial charge is 0.450 e. The van der Waals surface area contributed by atoms with E-state index in [4.69, 9.17) is 16.3 Å². The maximum Gasteiger partial charge on any atom is 0.413 e. The van der Waals surface area contributed by atoms with Gasteiger partial charge in [-0.1, -0.05) is 17.7 Å². The molecular weight excluding hydrogens is 390 g/mol. The Morgan fingerprint density at radius 3 is 2.89 bits per heavy atom. The molecule has 3 rings (SSSR count). The fourth-order valence-electron chi connectivity index (χ4n) is 3.37. The van der Waals surface area contributed by atoms with Crippen LogP contribution >= 0.6 is 23.4 Å². The van der Waals surface area contributed by atoms with Crippen LogP contribution in [0.3, 0.4) is 0 Å². The number of hydrogen-bond acceptors (Lipinski definition) is 6. The zero-order valence-electron chi connectivity index (χ0n) is 14.9. The maximum absolute atomic E-state index is 12.9. The van der Waals surface area contributed by atoms with E-state index in [9.17, 15) is 14.4 Å². The monoisotopic (exact) mass is 411 g/mol. The van der Waals surface area contributed by atoms with Crippen molar-refractivity contribution in [2.45, 2.75) is 31.1 Å². The Bertz CT molecular complexity index is 745. The van der Waals surface area contributed by atoms with Crippen LogP contribution in [0, 0.1) is 5.92 Å². The number of imide groups is 1. The Hall–Kier alpha value is -1.93. The number of carbonyl (C=O) groups is 3. The summed E-state index contributed by atoms with van der Waals surface area (Å²) >= 11 is 7.55. The molecule has 1 aromatic carbocycles. The van der Waals surface area contributed by atoms with Gasteiger partial charge < -0.3 is 15.4 Å². The predicted octanol–water partition coefficient (Wildman–Crippen LogP) is 2.71. The smallest absolute Gasteiger partial charge is 0.413 e. The van der Waals surface area contributed by atoms with Crippen molar-refractivity contribution >= 4 is 47.0 Å². The molecule has 1 fully saturated rings. The average Bonchev–Trinajstić information content (AvgIpc) is 3.09. The number of hydrogen-bond donors (Lipinski definition) is 3. The quantitative estimate of drug-likeness (QED) is 0.704. The third-order valence-corrected chi connectivity index (χ3v) is 6.18. The molecule has 3 unspecified atom stereocenters. The minimum absolute atomic E-state index is 0.117. The standard InChI is InChI=1S/C18H22ClN3O4S/c1-2-26-18(25)22-16(24)13-6-8-27-17(13)21-15(23)12-5-7-20-14-9-10(19)3-4-11(12)14/h3-4,9,12-13,17,20H,2,5-8H2,1H3,(H,21,23)(H,22,24,25). The number of halogens is 1. The average molecular weight is 412 g/mol. The number of nitrogens with one attached hydrogen (secondary N) is 3. The summed E-state index contributed by atoms with van der Waals surface area (Å²) in [4.78, 5) is 36.7. The lowest BCUT2D eigenvalue weighted by atomic mass is 9.90. The van der Waals surface area contributed by atoms with Gasteiger partial charge in [0.1, 0.15) is 0 Å². The molecule has 27 heavy (non-hydrogen) atoms. The van der Waals surface area contributed by atoms with E-state index in [1.165, 1.54) is 11.8 Å². The van der Waals surface area contributed by atoms with Gasteiger partial charge >= 0.3 is 6.09 Å². The van der Waals surface area contributed by atoms with Gasteiger partial charge in [-0.05, 0) is 43.2 Å². The van der Waals surface area contributed by atoms with E-state index in [-0.39, 0.29) is 23.8 Å². The maximum atomic E-state index is 12.9. The highest BCUT2D eigenvalue weighted by Crippen LogP contribution is 2.35. The normalized spacial score (nSPS) is 23.7. The van der Waals surface area contributed by atoms with Crippen molar-refractivity contribution in [3.63, 3.8) is 0 Å². The number of amides is 3. The van der Waals surface area contributed by atoms with Gasteiger partial charge in [0.2, 0.25) is 11.8 Å². The van der Waals surface area contributed by atoms with Gasteiger partial charge in [0.25, 0.3) is 0 Å². The summed E-state index contributed by atoms with van der Waals surface area (Å²) in [6, 6.07) is 5.45. The van der Waals surface area contributed by atoms with E-state index < -0.39 is 17.9 Å². The first kappa shape index (κ1) is 19.8. The van der Waals surface area contributed by atoms with Crippen LogP contribution in [0.4, 0.5) is 10.5 Å². The number of thioether (sulfide) groups is 1. The zero-order chi connectivity index (χ0) is 19.4. The molecule has 0 saturated carbocycles. The van der Waals surface area contributed by atoms with Gasteiger partial charge in [-0.25, -0.2) is 4.79 Å².